The summed E-state index contributed by atoms with van der Waals surface area (Å²) in [6, 6.07) is 7.25. The first kappa shape index (κ1) is 13.4. The number of nitrogens with two attached hydrogens (primary N) is 1. The fraction of sp³-hybridized carbons (Fsp3) is 0.462. The summed E-state index contributed by atoms with van der Waals surface area (Å²) in [4.78, 5) is 11.3. The highest BCUT2D eigenvalue weighted by Crippen LogP contribution is 2.28. The maximum Gasteiger partial charge on any atom is 0.258 e. The van der Waals surface area contributed by atoms with Crippen LogP contribution in [0, 0.1) is 5.92 Å². The Kier molecular flexibility index (Phi) is 4.82. The first-order valence-electron chi connectivity index (χ1n) is 5.74. The van der Waals surface area contributed by atoms with Crippen molar-refractivity contribution in [3.8, 4) is 11.5 Å². The van der Waals surface area contributed by atoms with Gasteiger partial charge in [0.15, 0.2) is 17.6 Å². The molecule has 0 saturated heterocycles. The molecular weight excluding hydrogens is 218 g/mol. The molecule has 0 saturated carbocycles. The van der Waals surface area contributed by atoms with Crippen molar-refractivity contribution < 1.29 is 14.3 Å². The van der Waals surface area contributed by atoms with Crippen molar-refractivity contribution in [2.75, 3.05) is 6.61 Å². The molecular formula is C13H19NO3. The molecule has 1 rings (SSSR count). The molecule has 0 bridgehead atoms. The van der Waals surface area contributed by atoms with Crippen molar-refractivity contribution in [2.45, 2.75) is 26.9 Å². The molecule has 1 atom stereocenters. The largest absolute Gasteiger partial charge is 0.490 e. The monoisotopic (exact) mass is 237 g/mol. The summed E-state index contributed by atoms with van der Waals surface area (Å²) >= 11 is 0. The lowest BCUT2D eigenvalue weighted by Gasteiger charge is -2.20. The Labute approximate surface area is 102 Å². The molecule has 0 fully saturated rings. The third kappa shape index (κ3) is 3.66. The van der Waals surface area contributed by atoms with Crippen LogP contribution in [0.3, 0.4) is 0 Å². The van der Waals surface area contributed by atoms with E-state index in [1.165, 1.54) is 0 Å². The summed E-state index contributed by atoms with van der Waals surface area (Å²) in [5.74, 6) is 0.724. The maximum absolute atomic E-state index is 11.3. The van der Waals surface area contributed by atoms with Crippen LogP contribution in [0.1, 0.15) is 20.8 Å². The molecule has 0 heterocycles. The number of rotatable bonds is 6. The number of benzene rings is 1. The first-order chi connectivity index (χ1) is 8.06. The normalized spacial score (nSPS) is 12.2. The minimum atomic E-state index is -0.642. The molecule has 1 aromatic rings. The Balaban J connectivity index is 2.88. The number of primary amides is 1. The van der Waals surface area contributed by atoms with E-state index in [4.69, 9.17) is 15.2 Å². The van der Waals surface area contributed by atoms with Crippen LogP contribution in [0.2, 0.25) is 0 Å². The Morgan fingerprint density at radius 3 is 2.35 bits per heavy atom. The minimum Gasteiger partial charge on any atom is -0.490 e. The van der Waals surface area contributed by atoms with Gasteiger partial charge in [-0.1, -0.05) is 26.0 Å². The molecule has 4 nitrogen and oxygen atoms in total. The molecule has 1 amide bonds. The van der Waals surface area contributed by atoms with Crippen LogP contribution >= 0.6 is 0 Å². The average Bonchev–Trinajstić information content (AvgIpc) is 2.27. The van der Waals surface area contributed by atoms with Crippen molar-refractivity contribution in [1.82, 2.24) is 0 Å². The summed E-state index contributed by atoms with van der Waals surface area (Å²) in [5, 5.41) is 0. The van der Waals surface area contributed by atoms with E-state index in [1.54, 1.807) is 12.1 Å². The Bertz CT molecular complexity index is 377. The van der Waals surface area contributed by atoms with E-state index in [-0.39, 0.29) is 5.92 Å². The molecule has 1 aromatic carbocycles. The highest BCUT2D eigenvalue weighted by Gasteiger charge is 2.22. The number of hydrogen-bond donors (Lipinski definition) is 1. The number of ether oxygens (including phenoxy) is 2. The van der Waals surface area contributed by atoms with Crippen LogP contribution in [0.4, 0.5) is 0 Å². The quantitative estimate of drug-likeness (QED) is 0.822. The first-order valence-corrected chi connectivity index (χ1v) is 5.74. The van der Waals surface area contributed by atoms with Gasteiger partial charge in [-0.15, -0.1) is 0 Å². The Morgan fingerprint density at radius 1 is 1.29 bits per heavy atom. The fourth-order valence-corrected chi connectivity index (χ4v) is 1.48. The molecule has 17 heavy (non-hydrogen) atoms. The van der Waals surface area contributed by atoms with Crippen LogP contribution in [0.15, 0.2) is 24.3 Å². The van der Waals surface area contributed by atoms with E-state index in [0.717, 1.165) is 0 Å². The number of carbonyl (C=O) groups is 1. The topological polar surface area (TPSA) is 61.6 Å². The van der Waals surface area contributed by atoms with Crippen molar-refractivity contribution >= 4 is 5.91 Å². The van der Waals surface area contributed by atoms with Gasteiger partial charge < -0.3 is 15.2 Å². The van der Waals surface area contributed by atoms with Gasteiger partial charge in [0.05, 0.1) is 6.61 Å². The van der Waals surface area contributed by atoms with Gasteiger partial charge in [0.1, 0.15) is 0 Å². The summed E-state index contributed by atoms with van der Waals surface area (Å²) in [6.45, 7) is 6.21. The molecule has 94 valence electrons. The summed E-state index contributed by atoms with van der Waals surface area (Å²) in [6.07, 6.45) is -0.642. The van der Waals surface area contributed by atoms with E-state index in [0.29, 0.717) is 18.1 Å². The second kappa shape index (κ2) is 6.13. The molecule has 0 aliphatic carbocycles. The summed E-state index contributed by atoms with van der Waals surface area (Å²) in [5.41, 5.74) is 5.30. The van der Waals surface area contributed by atoms with Gasteiger partial charge in [-0.2, -0.15) is 0 Å². The zero-order valence-electron chi connectivity index (χ0n) is 10.5. The van der Waals surface area contributed by atoms with Crippen LogP contribution in [-0.4, -0.2) is 18.6 Å². The van der Waals surface area contributed by atoms with Crippen molar-refractivity contribution in [1.29, 1.82) is 0 Å². The molecule has 0 radical (unpaired) electrons. The lowest BCUT2D eigenvalue weighted by molar-refractivity contribution is -0.126. The highest BCUT2D eigenvalue weighted by molar-refractivity contribution is 5.79. The third-order valence-corrected chi connectivity index (χ3v) is 2.29. The molecule has 0 aliphatic heterocycles. The fourth-order valence-electron chi connectivity index (χ4n) is 1.48. The average molecular weight is 237 g/mol. The van der Waals surface area contributed by atoms with Gasteiger partial charge in [0.2, 0.25) is 0 Å². The van der Waals surface area contributed by atoms with E-state index in [2.05, 4.69) is 0 Å². The minimum absolute atomic E-state index is 0.0159. The molecule has 0 spiro atoms. The summed E-state index contributed by atoms with van der Waals surface area (Å²) in [7, 11) is 0. The Hall–Kier alpha value is -1.71. The lowest BCUT2D eigenvalue weighted by atomic mass is 10.1. The second-order valence-electron chi connectivity index (χ2n) is 4.06. The van der Waals surface area contributed by atoms with Gasteiger partial charge in [-0.05, 0) is 25.0 Å². The third-order valence-electron chi connectivity index (χ3n) is 2.29. The van der Waals surface area contributed by atoms with Gasteiger partial charge in [0.25, 0.3) is 5.91 Å². The molecule has 4 heteroatoms. The molecule has 1 unspecified atom stereocenters. The van der Waals surface area contributed by atoms with E-state index in [9.17, 15) is 4.79 Å². The zero-order chi connectivity index (χ0) is 12.8. The number of carbonyl (C=O) groups excluding carboxylic acids is 1. The van der Waals surface area contributed by atoms with Crippen LogP contribution in [0.5, 0.6) is 11.5 Å². The van der Waals surface area contributed by atoms with Crippen LogP contribution in [-0.2, 0) is 4.79 Å². The van der Waals surface area contributed by atoms with Crippen molar-refractivity contribution in [3.63, 3.8) is 0 Å². The smallest absolute Gasteiger partial charge is 0.258 e. The van der Waals surface area contributed by atoms with Crippen molar-refractivity contribution in [2.24, 2.45) is 11.7 Å². The van der Waals surface area contributed by atoms with Gasteiger partial charge in [-0.25, -0.2) is 0 Å². The van der Waals surface area contributed by atoms with Crippen LogP contribution < -0.4 is 15.2 Å². The van der Waals surface area contributed by atoms with E-state index in [1.807, 2.05) is 32.9 Å². The molecule has 2 N–H and O–H groups in total. The summed E-state index contributed by atoms with van der Waals surface area (Å²) < 4.78 is 11.0. The van der Waals surface area contributed by atoms with Crippen LogP contribution in [0.25, 0.3) is 0 Å². The second-order valence-corrected chi connectivity index (χ2v) is 4.06. The van der Waals surface area contributed by atoms with E-state index >= 15 is 0 Å². The SMILES string of the molecule is CCOc1ccccc1OC(C(N)=O)C(C)C. The predicted octanol–water partition coefficient (Wildman–Crippen LogP) is 1.97. The number of para-hydroxylation sites is 2. The van der Waals surface area contributed by atoms with Crippen molar-refractivity contribution in [3.05, 3.63) is 24.3 Å². The standard InChI is InChI=1S/C13H19NO3/c1-4-16-10-7-5-6-8-11(10)17-12(9(2)3)13(14)15/h5-9,12H,4H2,1-3H3,(H2,14,15). The zero-order valence-corrected chi connectivity index (χ0v) is 10.5. The Morgan fingerprint density at radius 2 is 1.88 bits per heavy atom. The van der Waals surface area contributed by atoms with Gasteiger partial charge >= 0.3 is 0 Å². The number of amides is 1. The highest BCUT2D eigenvalue weighted by atomic mass is 16.5. The lowest BCUT2D eigenvalue weighted by Crippen LogP contribution is -2.38. The van der Waals surface area contributed by atoms with E-state index < -0.39 is 12.0 Å². The number of hydrogen-bond acceptors (Lipinski definition) is 3. The molecule has 0 aliphatic rings. The predicted molar refractivity (Wildman–Crippen MR) is 66.1 cm³/mol. The molecule has 0 aromatic heterocycles. The van der Waals surface area contributed by atoms with Gasteiger partial charge in [0, 0.05) is 0 Å². The van der Waals surface area contributed by atoms with Gasteiger partial charge in [-0.3, -0.25) is 4.79 Å². The maximum atomic E-state index is 11.3.